The highest BCUT2D eigenvalue weighted by Gasteiger charge is 2.30. The number of alkyl halides is 3. The summed E-state index contributed by atoms with van der Waals surface area (Å²) in [6, 6.07) is 14.5. The summed E-state index contributed by atoms with van der Waals surface area (Å²) >= 11 is 0. The van der Waals surface area contributed by atoms with Gasteiger partial charge in [-0.3, -0.25) is 14.6 Å². The number of hydrogen-bond acceptors (Lipinski definition) is 4. The fourth-order valence-electron chi connectivity index (χ4n) is 3.55. The first kappa shape index (κ1) is 26.4. The van der Waals surface area contributed by atoms with Crippen molar-refractivity contribution in [2.75, 3.05) is 5.32 Å². The van der Waals surface area contributed by atoms with E-state index in [4.69, 9.17) is 0 Å². The Kier molecular flexibility index (Phi) is 9.15. The smallest absolute Gasteiger partial charge is 0.353 e. The topological polar surface area (TPSA) is 88.4 Å². The Hall–Kier alpha value is -4.21. The minimum absolute atomic E-state index is 0.0732. The first-order valence-corrected chi connectivity index (χ1v) is 11.2. The molecule has 0 fully saturated rings. The van der Waals surface area contributed by atoms with Gasteiger partial charge in [0, 0.05) is 43.5 Å². The van der Waals surface area contributed by atoms with Gasteiger partial charge in [0.15, 0.2) is 0 Å². The van der Waals surface area contributed by atoms with Gasteiger partial charge in [-0.15, -0.1) is 0 Å². The number of aromatic nitrogens is 3. The Labute approximate surface area is 206 Å². The van der Waals surface area contributed by atoms with Crippen LogP contribution in [0.3, 0.4) is 0 Å². The molecule has 5 rings (SSSR count). The Balaban J connectivity index is 0.000000153. The van der Waals surface area contributed by atoms with Crippen LogP contribution in [0.2, 0.25) is 0 Å². The highest BCUT2D eigenvalue weighted by Crippen LogP contribution is 2.28. The molecule has 0 saturated carbocycles. The third-order valence-corrected chi connectivity index (χ3v) is 5.25. The van der Waals surface area contributed by atoms with Gasteiger partial charge in [-0.05, 0) is 48.6 Å². The van der Waals surface area contributed by atoms with Gasteiger partial charge in [-0.2, -0.15) is 13.2 Å². The van der Waals surface area contributed by atoms with Crippen LogP contribution < -0.4 is 10.6 Å². The van der Waals surface area contributed by atoms with E-state index in [2.05, 4.69) is 44.9 Å². The van der Waals surface area contributed by atoms with Crippen LogP contribution in [0.25, 0.3) is 5.65 Å². The number of nitrogens with zero attached hydrogens (tertiary/aromatic N) is 3. The second kappa shape index (κ2) is 12.5. The fraction of sp³-hybridized carbons (Fsp3) is 0.231. The van der Waals surface area contributed by atoms with Crippen LogP contribution in [0.1, 0.15) is 35.7 Å². The third-order valence-electron chi connectivity index (χ3n) is 5.25. The van der Waals surface area contributed by atoms with Gasteiger partial charge < -0.3 is 15.0 Å². The van der Waals surface area contributed by atoms with Crippen LogP contribution >= 0.6 is 0 Å². The van der Waals surface area contributed by atoms with E-state index < -0.39 is 11.7 Å². The number of rotatable bonds is 4. The van der Waals surface area contributed by atoms with Gasteiger partial charge in [0.2, 0.25) is 12.3 Å². The SMILES string of the molecule is CC(=O)Nc1ccn2ccnc2c1.O=CNCc1ccc(C(F)(F)F)cn1.c1ccc2c(c1)CCC2. The molecule has 0 bridgehead atoms. The lowest BCUT2D eigenvalue weighted by molar-refractivity contribution is -0.137. The molecule has 3 heterocycles. The number of halogens is 3. The van der Waals surface area contributed by atoms with Gasteiger partial charge in [0.25, 0.3) is 0 Å². The predicted octanol–water partition coefficient (Wildman–Crippen LogP) is 4.81. The highest BCUT2D eigenvalue weighted by molar-refractivity contribution is 5.89. The molecule has 1 aliphatic carbocycles. The molecular formula is C26H26F3N5O2. The molecule has 0 spiro atoms. The van der Waals surface area contributed by atoms with Gasteiger partial charge in [-0.1, -0.05) is 24.3 Å². The number of hydrogen-bond donors (Lipinski definition) is 2. The van der Waals surface area contributed by atoms with Crippen molar-refractivity contribution in [3.05, 3.63) is 95.7 Å². The molecule has 0 unspecified atom stereocenters. The van der Waals surface area contributed by atoms with Gasteiger partial charge in [0.05, 0.1) is 17.8 Å². The maximum atomic E-state index is 12.1. The van der Waals surface area contributed by atoms with Crippen LogP contribution in [0, 0.1) is 0 Å². The number of benzene rings is 1. The van der Waals surface area contributed by atoms with E-state index in [1.54, 1.807) is 17.3 Å². The van der Waals surface area contributed by atoms with Crippen molar-refractivity contribution in [1.29, 1.82) is 0 Å². The molecule has 0 radical (unpaired) electrons. The standard InChI is InChI=1S/C9H9N3O.C9H10.C8H7F3N2O/c1-7(13)11-8-2-4-12-5-3-10-9(12)6-8;1-2-5-9-7-3-6-8(9)4-1;9-8(10,11)6-1-2-7(13-3-6)4-12-5-14/h2-6H,1H3,(H,11,13);1-2,4-5H,3,6-7H2;1-3,5H,4H2,(H,12,14). The lowest BCUT2D eigenvalue weighted by atomic mass is 10.1. The number of carbonyl (C=O) groups excluding carboxylic acids is 2. The molecule has 10 heteroatoms. The molecule has 0 aliphatic heterocycles. The minimum Gasteiger partial charge on any atom is -0.353 e. The van der Waals surface area contributed by atoms with E-state index in [0.29, 0.717) is 12.1 Å². The minimum atomic E-state index is -4.37. The van der Waals surface area contributed by atoms with E-state index in [1.165, 1.54) is 32.3 Å². The average molecular weight is 498 g/mol. The van der Waals surface area contributed by atoms with Crippen LogP contribution in [-0.4, -0.2) is 26.7 Å². The number of anilines is 1. The maximum Gasteiger partial charge on any atom is 0.417 e. The Morgan fingerprint density at radius 3 is 2.36 bits per heavy atom. The van der Waals surface area contributed by atoms with Gasteiger partial charge in [0.1, 0.15) is 5.65 Å². The molecule has 3 aromatic heterocycles. The van der Waals surface area contributed by atoms with E-state index >= 15 is 0 Å². The summed E-state index contributed by atoms with van der Waals surface area (Å²) in [7, 11) is 0. The Morgan fingerprint density at radius 2 is 1.78 bits per heavy atom. The predicted molar refractivity (Wildman–Crippen MR) is 130 cm³/mol. The van der Waals surface area contributed by atoms with Crippen molar-refractivity contribution in [3.63, 3.8) is 0 Å². The number of amides is 2. The molecule has 0 atom stereocenters. The van der Waals surface area contributed by atoms with Crippen LogP contribution in [-0.2, 0) is 35.2 Å². The summed E-state index contributed by atoms with van der Waals surface area (Å²) in [4.78, 5) is 28.3. The van der Waals surface area contributed by atoms with E-state index in [-0.39, 0.29) is 12.5 Å². The molecule has 2 amide bonds. The summed E-state index contributed by atoms with van der Waals surface area (Å²) < 4.78 is 38.1. The van der Waals surface area contributed by atoms with E-state index in [1.807, 2.05) is 28.9 Å². The third kappa shape index (κ3) is 7.93. The number of carbonyl (C=O) groups is 2. The molecule has 2 N–H and O–H groups in total. The van der Waals surface area contributed by atoms with Crippen molar-refractivity contribution in [3.8, 4) is 0 Å². The summed E-state index contributed by atoms with van der Waals surface area (Å²) in [5.74, 6) is -0.0732. The van der Waals surface area contributed by atoms with Crippen molar-refractivity contribution in [1.82, 2.24) is 19.7 Å². The van der Waals surface area contributed by atoms with Gasteiger partial charge >= 0.3 is 6.18 Å². The van der Waals surface area contributed by atoms with Crippen molar-refractivity contribution >= 4 is 23.7 Å². The molecule has 36 heavy (non-hydrogen) atoms. The van der Waals surface area contributed by atoms with Crippen LogP contribution in [0.4, 0.5) is 18.9 Å². The second-order valence-electron chi connectivity index (χ2n) is 7.95. The molecule has 7 nitrogen and oxygen atoms in total. The molecule has 188 valence electrons. The zero-order valence-electron chi connectivity index (χ0n) is 19.6. The normalized spacial score (nSPS) is 11.9. The van der Waals surface area contributed by atoms with E-state index in [0.717, 1.165) is 23.6 Å². The summed E-state index contributed by atoms with van der Waals surface area (Å²) in [6.45, 7) is 1.61. The molecule has 1 aromatic carbocycles. The number of fused-ring (bicyclic) bond motifs is 2. The zero-order chi connectivity index (χ0) is 26.0. The van der Waals surface area contributed by atoms with Crippen molar-refractivity contribution in [2.24, 2.45) is 0 Å². The number of nitrogens with one attached hydrogen (secondary N) is 2. The first-order valence-electron chi connectivity index (χ1n) is 11.2. The highest BCUT2D eigenvalue weighted by atomic mass is 19.4. The van der Waals surface area contributed by atoms with E-state index in [9.17, 15) is 22.8 Å². The quantitative estimate of drug-likeness (QED) is 0.396. The first-order chi connectivity index (χ1) is 17.3. The molecular weight excluding hydrogens is 471 g/mol. The van der Waals surface area contributed by atoms with Gasteiger partial charge in [-0.25, -0.2) is 4.98 Å². The average Bonchev–Trinajstić information content (AvgIpc) is 3.52. The monoisotopic (exact) mass is 497 g/mol. The number of aryl methyl sites for hydroxylation is 2. The largest absolute Gasteiger partial charge is 0.417 e. The lowest BCUT2D eigenvalue weighted by Crippen LogP contribution is -2.12. The van der Waals surface area contributed by atoms with Crippen molar-refractivity contribution < 1.29 is 22.8 Å². The lowest BCUT2D eigenvalue weighted by Gasteiger charge is -2.06. The maximum absolute atomic E-state index is 12.1. The fourth-order valence-corrected chi connectivity index (χ4v) is 3.55. The summed E-state index contributed by atoms with van der Waals surface area (Å²) in [5.41, 5.74) is 4.31. The van der Waals surface area contributed by atoms with Crippen molar-refractivity contribution in [2.45, 2.75) is 38.9 Å². The summed E-state index contributed by atoms with van der Waals surface area (Å²) in [6.07, 6.45) is 6.21. The van der Waals surface area contributed by atoms with Crippen LogP contribution in [0.5, 0.6) is 0 Å². The molecule has 1 aliphatic rings. The Bertz CT molecular complexity index is 1260. The second-order valence-corrected chi connectivity index (χ2v) is 7.95. The Morgan fingerprint density at radius 1 is 1.06 bits per heavy atom. The molecule has 4 aromatic rings. The summed E-state index contributed by atoms with van der Waals surface area (Å²) in [5, 5.41) is 4.99. The molecule has 0 saturated heterocycles. The number of pyridine rings is 2. The van der Waals surface area contributed by atoms with Crippen LogP contribution in [0.15, 0.2) is 73.3 Å². The zero-order valence-corrected chi connectivity index (χ0v) is 19.6. The number of imidazole rings is 1.